The Labute approximate surface area is 157 Å². The number of amides is 1. The second-order valence-corrected chi connectivity index (χ2v) is 5.86. The number of hydrogen-bond acceptors (Lipinski definition) is 3. The molecule has 0 aliphatic heterocycles. The molecule has 138 valence electrons. The van der Waals surface area contributed by atoms with Crippen LogP contribution < -0.4 is 10.1 Å². The lowest BCUT2D eigenvalue weighted by molar-refractivity contribution is -0.116. The molecule has 0 aliphatic rings. The van der Waals surface area contributed by atoms with E-state index >= 15 is 0 Å². The van der Waals surface area contributed by atoms with Gasteiger partial charge in [-0.15, -0.1) is 0 Å². The molecule has 0 saturated carbocycles. The third-order valence-corrected chi connectivity index (χ3v) is 3.95. The van der Waals surface area contributed by atoms with Crippen LogP contribution in [0.2, 0.25) is 0 Å². The molecular weight excluding hydrogens is 345 g/mol. The summed E-state index contributed by atoms with van der Waals surface area (Å²) in [5.74, 6) is -0.533. The largest absolute Gasteiger partial charge is 0.494 e. The molecule has 0 atom stereocenters. The highest BCUT2D eigenvalue weighted by Gasteiger charge is 2.03. The zero-order valence-electron chi connectivity index (χ0n) is 14.9. The maximum atomic E-state index is 13.6. The zero-order valence-corrected chi connectivity index (χ0v) is 14.9. The Bertz CT molecular complexity index is 936. The number of ether oxygens (including phenoxy) is 1. The highest BCUT2D eigenvalue weighted by molar-refractivity contribution is 5.91. The molecule has 0 unspecified atom stereocenters. The van der Waals surface area contributed by atoms with Crippen LogP contribution in [0.5, 0.6) is 5.75 Å². The van der Waals surface area contributed by atoms with E-state index in [2.05, 4.69) is 10.4 Å². The second-order valence-electron chi connectivity index (χ2n) is 5.86. The SMILES string of the molecule is COc1ccc(/C=C/C(=O)NCCc2ccn(-c3ccccc3)n2)cc1F. The molecule has 0 spiro atoms. The van der Waals surface area contributed by atoms with Gasteiger partial charge in [-0.2, -0.15) is 5.10 Å². The number of benzene rings is 2. The topological polar surface area (TPSA) is 56.1 Å². The van der Waals surface area contributed by atoms with Crippen molar-refractivity contribution in [1.82, 2.24) is 15.1 Å². The van der Waals surface area contributed by atoms with Gasteiger partial charge in [-0.25, -0.2) is 9.07 Å². The molecule has 1 heterocycles. The Balaban J connectivity index is 1.48. The van der Waals surface area contributed by atoms with E-state index in [0.717, 1.165) is 11.4 Å². The van der Waals surface area contributed by atoms with E-state index in [9.17, 15) is 9.18 Å². The number of carbonyl (C=O) groups excluding carboxylic acids is 1. The third-order valence-electron chi connectivity index (χ3n) is 3.95. The van der Waals surface area contributed by atoms with Gasteiger partial charge in [0.25, 0.3) is 0 Å². The van der Waals surface area contributed by atoms with Crippen LogP contribution in [0.25, 0.3) is 11.8 Å². The van der Waals surface area contributed by atoms with Crippen molar-refractivity contribution >= 4 is 12.0 Å². The van der Waals surface area contributed by atoms with E-state index in [1.165, 1.54) is 25.3 Å². The molecule has 0 radical (unpaired) electrons. The van der Waals surface area contributed by atoms with Crippen LogP contribution in [0.4, 0.5) is 4.39 Å². The molecule has 1 aromatic heterocycles. The number of hydrogen-bond donors (Lipinski definition) is 1. The van der Waals surface area contributed by atoms with Gasteiger partial charge >= 0.3 is 0 Å². The predicted octanol–water partition coefficient (Wildman–Crippen LogP) is 3.39. The quantitative estimate of drug-likeness (QED) is 0.653. The van der Waals surface area contributed by atoms with Crippen LogP contribution in [-0.2, 0) is 11.2 Å². The van der Waals surface area contributed by atoms with Crippen LogP contribution >= 0.6 is 0 Å². The lowest BCUT2D eigenvalue weighted by Crippen LogP contribution is -2.23. The number of halogens is 1. The van der Waals surface area contributed by atoms with Crippen molar-refractivity contribution in [2.24, 2.45) is 0 Å². The number of aromatic nitrogens is 2. The molecule has 3 rings (SSSR count). The fourth-order valence-electron chi connectivity index (χ4n) is 2.55. The minimum absolute atomic E-state index is 0.173. The van der Waals surface area contributed by atoms with Gasteiger partial charge in [0, 0.05) is 25.2 Å². The maximum Gasteiger partial charge on any atom is 0.244 e. The van der Waals surface area contributed by atoms with Gasteiger partial charge in [0.05, 0.1) is 18.5 Å². The van der Waals surface area contributed by atoms with Gasteiger partial charge in [-0.3, -0.25) is 4.79 Å². The standard InChI is InChI=1S/C21H20FN3O2/c1-27-20-9-7-16(15-19(20)22)8-10-21(26)23-13-11-17-12-14-25(24-17)18-5-3-2-4-6-18/h2-10,12,14-15H,11,13H2,1H3,(H,23,26)/b10-8+. The Morgan fingerprint density at radius 3 is 2.78 bits per heavy atom. The van der Waals surface area contributed by atoms with E-state index in [0.29, 0.717) is 18.5 Å². The summed E-state index contributed by atoms with van der Waals surface area (Å²) >= 11 is 0. The number of nitrogens with zero attached hydrogens (tertiary/aromatic N) is 2. The summed E-state index contributed by atoms with van der Waals surface area (Å²) in [4.78, 5) is 11.9. The summed E-state index contributed by atoms with van der Waals surface area (Å²) in [6, 6.07) is 16.3. The van der Waals surface area contributed by atoms with Gasteiger partial charge in [0.2, 0.25) is 5.91 Å². The molecule has 1 amide bonds. The monoisotopic (exact) mass is 365 g/mol. The van der Waals surface area contributed by atoms with Gasteiger partial charge in [0.1, 0.15) is 0 Å². The van der Waals surface area contributed by atoms with Crippen LogP contribution in [0.3, 0.4) is 0 Å². The lowest BCUT2D eigenvalue weighted by Gasteiger charge is -2.03. The van der Waals surface area contributed by atoms with E-state index in [1.54, 1.807) is 16.8 Å². The molecule has 0 saturated heterocycles. The minimum Gasteiger partial charge on any atom is -0.494 e. The first-order chi connectivity index (χ1) is 13.2. The average molecular weight is 365 g/mol. The van der Waals surface area contributed by atoms with Crippen molar-refractivity contribution in [1.29, 1.82) is 0 Å². The number of rotatable bonds is 7. The molecule has 3 aromatic rings. The average Bonchev–Trinajstić information content (AvgIpc) is 3.16. The summed E-state index contributed by atoms with van der Waals surface area (Å²) in [6.07, 6.45) is 5.45. The highest BCUT2D eigenvalue weighted by Crippen LogP contribution is 2.18. The molecule has 0 bridgehead atoms. The number of nitrogens with one attached hydrogen (secondary N) is 1. The smallest absolute Gasteiger partial charge is 0.244 e. The first-order valence-electron chi connectivity index (χ1n) is 8.55. The first-order valence-corrected chi connectivity index (χ1v) is 8.55. The third kappa shape index (κ3) is 5.04. The summed E-state index contributed by atoms with van der Waals surface area (Å²) in [6.45, 7) is 0.464. The van der Waals surface area contributed by atoms with Crippen molar-refractivity contribution in [2.45, 2.75) is 6.42 Å². The Hall–Kier alpha value is -3.41. The maximum absolute atomic E-state index is 13.6. The molecular formula is C21H20FN3O2. The fourth-order valence-corrected chi connectivity index (χ4v) is 2.55. The number of methoxy groups -OCH3 is 1. The first kappa shape index (κ1) is 18.4. The molecule has 2 aromatic carbocycles. The number of para-hydroxylation sites is 1. The molecule has 5 nitrogen and oxygen atoms in total. The second kappa shape index (κ2) is 8.80. The van der Waals surface area contributed by atoms with Crippen LogP contribution in [0, 0.1) is 5.82 Å². The zero-order chi connectivity index (χ0) is 19.1. The van der Waals surface area contributed by atoms with Gasteiger partial charge < -0.3 is 10.1 Å². The van der Waals surface area contributed by atoms with Crippen LogP contribution in [0.1, 0.15) is 11.3 Å². The lowest BCUT2D eigenvalue weighted by atomic mass is 10.2. The predicted molar refractivity (Wildman–Crippen MR) is 102 cm³/mol. The highest BCUT2D eigenvalue weighted by atomic mass is 19.1. The fraction of sp³-hybridized carbons (Fsp3) is 0.143. The molecule has 27 heavy (non-hydrogen) atoms. The summed E-state index contributed by atoms with van der Waals surface area (Å²) in [5.41, 5.74) is 2.47. The molecule has 0 aliphatic carbocycles. The summed E-state index contributed by atoms with van der Waals surface area (Å²) in [5, 5.41) is 7.28. The van der Waals surface area contributed by atoms with Crippen LogP contribution in [-0.4, -0.2) is 29.3 Å². The van der Waals surface area contributed by atoms with Crippen molar-refractivity contribution in [2.75, 3.05) is 13.7 Å². The van der Waals surface area contributed by atoms with E-state index < -0.39 is 5.82 Å². The normalized spacial score (nSPS) is 10.9. The van der Waals surface area contributed by atoms with Gasteiger partial charge in [0.15, 0.2) is 11.6 Å². The van der Waals surface area contributed by atoms with Crippen LogP contribution in [0.15, 0.2) is 66.9 Å². The van der Waals surface area contributed by atoms with Gasteiger partial charge in [-0.1, -0.05) is 24.3 Å². The molecule has 1 N–H and O–H groups in total. The molecule has 0 fully saturated rings. The van der Waals surface area contributed by atoms with E-state index in [-0.39, 0.29) is 11.7 Å². The Morgan fingerprint density at radius 1 is 1.22 bits per heavy atom. The number of carbonyl (C=O) groups is 1. The molecule has 6 heteroatoms. The minimum atomic E-state index is -0.464. The summed E-state index contributed by atoms with van der Waals surface area (Å²) in [7, 11) is 1.41. The van der Waals surface area contributed by atoms with Crippen molar-refractivity contribution in [3.05, 3.63) is 83.9 Å². The Morgan fingerprint density at radius 2 is 2.04 bits per heavy atom. The Kier molecular flexibility index (Phi) is 5.99. The van der Waals surface area contributed by atoms with Crippen molar-refractivity contribution in [3.8, 4) is 11.4 Å². The summed E-state index contributed by atoms with van der Waals surface area (Å²) < 4.78 is 20.3. The van der Waals surface area contributed by atoms with Crippen molar-refractivity contribution in [3.63, 3.8) is 0 Å². The van der Waals surface area contributed by atoms with Crippen molar-refractivity contribution < 1.29 is 13.9 Å². The van der Waals surface area contributed by atoms with Gasteiger partial charge in [-0.05, 0) is 42.0 Å². The van der Waals surface area contributed by atoms with E-state index in [4.69, 9.17) is 4.74 Å². The van der Waals surface area contributed by atoms with E-state index in [1.807, 2.05) is 42.6 Å².